The number of aromatic nitrogens is 2. The van der Waals surface area contributed by atoms with Gasteiger partial charge in [-0.05, 0) is 25.1 Å². The Hall–Kier alpha value is -0.460. The predicted octanol–water partition coefficient (Wildman–Crippen LogP) is 1.12. The molecule has 0 amide bonds. The highest BCUT2D eigenvalue weighted by Crippen LogP contribution is 2.24. The molecule has 0 atom stereocenters. The summed E-state index contributed by atoms with van der Waals surface area (Å²) in [5, 5.41) is 9.17. The van der Waals surface area contributed by atoms with Crippen LogP contribution in [0.25, 0.3) is 0 Å². The van der Waals surface area contributed by atoms with Crippen molar-refractivity contribution in [3.63, 3.8) is 0 Å². The molecular weight excluding hydrogens is 232 g/mol. The Morgan fingerprint density at radius 1 is 1.60 bits per heavy atom. The molecule has 6 heteroatoms. The molecule has 1 aliphatic heterocycles. The lowest BCUT2D eigenvalue weighted by Gasteiger charge is -2.24. The lowest BCUT2D eigenvalue weighted by molar-refractivity contribution is 0.263. The Morgan fingerprint density at radius 2 is 2.27 bits per heavy atom. The zero-order chi connectivity index (χ0) is 10.8. The number of imidazole rings is 1. The number of hydrogen-bond donors (Lipinski definition) is 2. The van der Waals surface area contributed by atoms with Crippen LogP contribution in [-0.4, -0.2) is 30.4 Å². The summed E-state index contributed by atoms with van der Waals surface area (Å²) < 4.78 is 13.8. The van der Waals surface area contributed by atoms with Gasteiger partial charge in [-0.1, -0.05) is 0 Å². The van der Waals surface area contributed by atoms with Crippen molar-refractivity contribution in [3.05, 3.63) is 16.7 Å². The number of aromatic amines is 1. The van der Waals surface area contributed by atoms with Crippen LogP contribution in [0.2, 0.25) is 0 Å². The molecule has 1 fully saturated rings. The Balaban J connectivity index is 2.25. The maximum Gasteiger partial charge on any atom is 0.177 e. The van der Waals surface area contributed by atoms with Gasteiger partial charge in [0.1, 0.15) is 0 Å². The van der Waals surface area contributed by atoms with E-state index in [1.165, 1.54) is 0 Å². The zero-order valence-electron chi connectivity index (χ0n) is 8.31. The van der Waals surface area contributed by atoms with Gasteiger partial charge in [-0.25, -0.2) is 0 Å². The van der Waals surface area contributed by atoms with Crippen LogP contribution in [0.3, 0.4) is 0 Å². The van der Waals surface area contributed by atoms with Gasteiger partial charge in [-0.15, -0.1) is 0 Å². The van der Waals surface area contributed by atoms with Crippen molar-refractivity contribution in [2.24, 2.45) is 0 Å². The standard InChI is InChI=1S/C9H14N2O2S2/c12-6-8-5-10-9(14)11(8)7-1-3-15(13)4-2-7/h5,7,12H,1-4,6H2,(H,10,14). The van der Waals surface area contributed by atoms with Crippen LogP contribution >= 0.6 is 12.2 Å². The van der Waals surface area contributed by atoms with Gasteiger partial charge in [0.2, 0.25) is 0 Å². The highest BCUT2D eigenvalue weighted by atomic mass is 32.2. The fourth-order valence-corrected chi connectivity index (χ4v) is 3.58. The fraction of sp³-hybridized carbons (Fsp3) is 0.667. The topological polar surface area (TPSA) is 58.0 Å². The highest BCUT2D eigenvalue weighted by molar-refractivity contribution is 7.85. The van der Waals surface area contributed by atoms with E-state index in [-0.39, 0.29) is 6.61 Å². The molecule has 0 unspecified atom stereocenters. The van der Waals surface area contributed by atoms with Crippen molar-refractivity contribution in [3.8, 4) is 0 Å². The normalized spacial score (nSPS) is 26.7. The largest absolute Gasteiger partial charge is 0.390 e. The van der Waals surface area contributed by atoms with E-state index in [1.807, 2.05) is 4.57 Å². The molecule has 1 aromatic heterocycles. The van der Waals surface area contributed by atoms with E-state index in [9.17, 15) is 4.21 Å². The molecular formula is C9H14N2O2S2. The summed E-state index contributed by atoms with van der Waals surface area (Å²) in [6.45, 7) is -0.00721. The van der Waals surface area contributed by atoms with Gasteiger partial charge in [0, 0.05) is 34.5 Å². The minimum Gasteiger partial charge on any atom is -0.390 e. The summed E-state index contributed by atoms with van der Waals surface area (Å²) in [6, 6.07) is 0.295. The second-order valence-electron chi connectivity index (χ2n) is 3.69. The molecule has 1 saturated heterocycles. The minimum atomic E-state index is -0.658. The van der Waals surface area contributed by atoms with Crippen LogP contribution in [0.4, 0.5) is 0 Å². The number of nitrogens with zero attached hydrogens (tertiary/aromatic N) is 1. The Labute approximate surface area is 95.8 Å². The molecule has 0 saturated carbocycles. The van der Waals surface area contributed by atoms with Crippen molar-refractivity contribution in [2.45, 2.75) is 25.5 Å². The van der Waals surface area contributed by atoms with E-state index in [0.29, 0.717) is 10.8 Å². The first-order valence-corrected chi connectivity index (χ1v) is 6.86. The summed E-state index contributed by atoms with van der Waals surface area (Å²) in [5.74, 6) is 1.48. The molecule has 2 heterocycles. The number of aliphatic hydroxyl groups is 1. The summed E-state index contributed by atoms with van der Waals surface area (Å²) >= 11 is 5.17. The molecule has 4 nitrogen and oxygen atoms in total. The summed E-state index contributed by atoms with van der Waals surface area (Å²) in [6.07, 6.45) is 3.51. The quantitative estimate of drug-likeness (QED) is 0.769. The second-order valence-corrected chi connectivity index (χ2v) is 5.78. The molecule has 0 aliphatic carbocycles. The Bertz CT molecular complexity index is 414. The van der Waals surface area contributed by atoms with Crippen molar-refractivity contribution < 1.29 is 9.32 Å². The summed E-state index contributed by atoms with van der Waals surface area (Å²) in [4.78, 5) is 2.94. The molecule has 1 aromatic rings. The van der Waals surface area contributed by atoms with E-state index in [2.05, 4.69) is 4.98 Å². The molecule has 1 aliphatic rings. The zero-order valence-corrected chi connectivity index (χ0v) is 9.94. The number of nitrogens with one attached hydrogen (secondary N) is 1. The lowest BCUT2D eigenvalue weighted by Crippen LogP contribution is -2.23. The molecule has 0 bridgehead atoms. The number of hydrogen-bond acceptors (Lipinski definition) is 3. The molecule has 15 heavy (non-hydrogen) atoms. The lowest BCUT2D eigenvalue weighted by atomic mass is 10.1. The van der Waals surface area contributed by atoms with Gasteiger partial charge < -0.3 is 14.7 Å². The molecule has 84 valence electrons. The van der Waals surface area contributed by atoms with Gasteiger partial charge in [0.05, 0.1) is 12.3 Å². The van der Waals surface area contributed by atoms with Crippen molar-refractivity contribution in [1.29, 1.82) is 0 Å². The average molecular weight is 246 g/mol. The maximum atomic E-state index is 11.2. The maximum absolute atomic E-state index is 11.2. The van der Waals surface area contributed by atoms with Crippen LogP contribution in [0.5, 0.6) is 0 Å². The average Bonchev–Trinajstić information content (AvgIpc) is 2.61. The molecule has 0 spiro atoms. The van der Waals surface area contributed by atoms with E-state index >= 15 is 0 Å². The first-order chi connectivity index (χ1) is 7.22. The molecule has 0 radical (unpaired) electrons. The number of aliphatic hydroxyl groups excluding tert-OH is 1. The van der Waals surface area contributed by atoms with Gasteiger partial charge >= 0.3 is 0 Å². The number of rotatable bonds is 2. The van der Waals surface area contributed by atoms with E-state index in [0.717, 1.165) is 30.0 Å². The van der Waals surface area contributed by atoms with Crippen molar-refractivity contribution in [1.82, 2.24) is 9.55 Å². The van der Waals surface area contributed by atoms with Gasteiger partial charge in [-0.3, -0.25) is 4.21 Å². The smallest absolute Gasteiger partial charge is 0.177 e. The van der Waals surface area contributed by atoms with E-state index in [4.69, 9.17) is 17.3 Å². The van der Waals surface area contributed by atoms with Gasteiger partial charge in [-0.2, -0.15) is 0 Å². The third-order valence-corrected chi connectivity index (χ3v) is 4.47. The van der Waals surface area contributed by atoms with E-state index in [1.54, 1.807) is 6.20 Å². The first kappa shape index (κ1) is 11.0. The monoisotopic (exact) mass is 246 g/mol. The Morgan fingerprint density at radius 3 is 2.87 bits per heavy atom. The summed E-state index contributed by atoms with van der Waals surface area (Å²) in [5.41, 5.74) is 0.817. The Kier molecular flexibility index (Phi) is 3.38. The molecule has 2 N–H and O–H groups in total. The molecule has 2 rings (SSSR count). The van der Waals surface area contributed by atoms with Crippen LogP contribution in [-0.2, 0) is 17.4 Å². The highest BCUT2D eigenvalue weighted by Gasteiger charge is 2.21. The van der Waals surface area contributed by atoms with Crippen LogP contribution in [0.15, 0.2) is 6.20 Å². The van der Waals surface area contributed by atoms with Crippen molar-refractivity contribution >= 4 is 23.0 Å². The second kappa shape index (κ2) is 4.59. The SMILES string of the molecule is O=S1CCC(n2c(CO)c[nH]c2=S)CC1. The van der Waals surface area contributed by atoms with Crippen LogP contribution in [0.1, 0.15) is 24.6 Å². The van der Waals surface area contributed by atoms with Crippen LogP contribution in [0, 0.1) is 4.77 Å². The summed E-state index contributed by atoms with van der Waals surface area (Å²) in [7, 11) is -0.658. The third kappa shape index (κ3) is 2.21. The molecule has 0 aromatic carbocycles. The van der Waals surface area contributed by atoms with Gasteiger partial charge in [0.15, 0.2) is 4.77 Å². The predicted molar refractivity (Wildman–Crippen MR) is 61.7 cm³/mol. The third-order valence-electron chi connectivity index (χ3n) is 2.78. The van der Waals surface area contributed by atoms with Crippen molar-refractivity contribution in [2.75, 3.05) is 11.5 Å². The fourth-order valence-electron chi connectivity index (χ4n) is 1.98. The van der Waals surface area contributed by atoms with Gasteiger partial charge in [0.25, 0.3) is 0 Å². The first-order valence-electron chi connectivity index (χ1n) is 4.97. The number of H-pyrrole nitrogens is 1. The van der Waals surface area contributed by atoms with E-state index < -0.39 is 10.8 Å². The van der Waals surface area contributed by atoms with Crippen LogP contribution < -0.4 is 0 Å². The minimum absolute atomic E-state index is 0.00721.